The molecule has 4 heteroatoms. The van der Waals surface area contributed by atoms with Crippen molar-refractivity contribution >= 4 is 0 Å². The van der Waals surface area contributed by atoms with Gasteiger partial charge in [0.2, 0.25) is 0 Å². The SMILES string of the molecule is CCOc1cccc(CO)c1OC1CCOC1. The third-order valence-corrected chi connectivity index (χ3v) is 2.70. The minimum Gasteiger partial charge on any atom is -0.490 e. The predicted octanol–water partition coefficient (Wildman–Crippen LogP) is 1.75. The number of benzene rings is 1. The van der Waals surface area contributed by atoms with Gasteiger partial charge in [-0.25, -0.2) is 0 Å². The van der Waals surface area contributed by atoms with Crippen molar-refractivity contribution in [3.63, 3.8) is 0 Å². The fourth-order valence-electron chi connectivity index (χ4n) is 1.86. The lowest BCUT2D eigenvalue weighted by Crippen LogP contribution is -2.17. The summed E-state index contributed by atoms with van der Waals surface area (Å²) in [6.07, 6.45) is 0.938. The fourth-order valence-corrected chi connectivity index (χ4v) is 1.86. The molecule has 1 aliphatic heterocycles. The Morgan fingerprint density at radius 3 is 3.00 bits per heavy atom. The first-order valence-electron chi connectivity index (χ1n) is 5.95. The molecule has 1 aliphatic rings. The van der Waals surface area contributed by atoms with Crippen LogP contribution in [0.5, 0.6) is 11.5 Å². The molecule has 0 bridgehead atoms. The van der Waals surface area contributed by atoms with Crippen LogP contribution in [0, 0.1) is 0 Å². The van der Waals surface area contributed by atoms with Gasteiger partial charge in [0.1, 0.15) is 6.10 Å². The second-order valence-electron chi connectivity index (χ2n) is 3.94. The summed E-state index contributed by atoms with van der Waals surface area (Å²) in [6.45, 7) is 3.78. The fraction of sp³-hybridized carbons (Fsp3) is 0.538. The molecule has 17 heavy (non-hydrogen) atoms. The molecular weight excluding hydrogens is 220 g/mol. The number of aliphatic hydroxyl groups excluding tert-OH is 1. The van der Waals surface area contributed by atoms with E-state index in [2.05, 4.69) is 0 Å². The first kappa shape index (κ1) is 12.2. The van der Waals surface area contributed by atoms with Gasteiger partial charge in [0.15, 0.2) is 11.5 Å². The molecule has 1 fully saturated rings. The summed E-state index contributed by atoms with van der Waals surface area (Å²) >= 11 is 0. The van der Waals surface area contributed by atoms with E-state index >= 15 is 0 Å². The zero-order valence-corrected chi connectivity index (χ0v) is 10.0. The summed E-state index contributed by atoms with van der Waals surface area (Å²) < 4.78 is 16.7. The van der Waals surface area contributed by atoms with Gasteiger partial charge in [0.25, 0.3) is 0 Å². The Bertz CT molecular complexity index is 358. The van der Waals surface area contributed by atoms with Gasteiger partial charge in [0, 0.05) is 12.0 Å². The smallest absolute Gasteiger partial charge is 0.167 e. The minimum absolute atomic E-state index is 0.0518. The molecule has 1 heterocycles. The maximum absolute atomic E-state index is 9.32. The van der Waals surface area contributed by atoms with E-state index in [-0.39, 0.29) is 12.7 Å². The topological polar surface area (TPSA) is 47.9 Å². The molecule has 0 saturated carbocycles. The molecule has 0 aliphatic carbocycles. The zero-order chi connectivity index (χ0) is 12.1. The number of ether oxygens (including phenoxy) is 3. The van der Waals surface area contributed by atoms with Gasteiger partial charge in [-0.15, -0.1) is 0 Å². The molecule has 1 aromatic rings. The molecule has 1 atom stereocenters. The highest BCUT2D eigenvalue weighted by Crippen LogP contribution is 2.33. The van der Waals surface area contributed by atoms with Crippen LogP contribution in [-0.4, -0.2) is 31.0 Å². The predicted molar refractivity (Wildman–Crippen MR) is 63.4 cm³/mol. The molecule has 94 valence electrons. The van der Waals surface area contributed by atoms with E-state index in [0.717, 1.165) is 18.6 Å². The molecule has 1 unspecified atom stereocenters. The second kappa shape index (κ2) is 5.89. The Balaban J connectivity index is 2.20. The van der Waals surface area contributed by atoms with Crippen LogP contribution in [0.15, 0.2) is 18.2 Å². The molecule has 4 nitrogen and oxygen atoms in total. The maximum atomic E-state index is 9.32. The summed E-state index contributed by atoms with van der Waals surface area (Å²) in [5.74, 6) is 1.33. The first-order chi connectivity index (χ1) is 8.35. The van der Waals surface area contributed by atoms with Gasteiger partial charge >= 0.3 is 0 Å². The average molecular weight is 238 g/mol. The molecule has 0 aromatic heterocycles. The van der Waals surface area contributed by atoms with Gasteiger partial charge in [0.05, 0.1) is 26.4 Å². The molecule has 0 amide bonds. The molecule has 1 aromatic carbocycles. The number of hydrogen-bond acceptors (Lipinski definition) is 4. The summed E-state index contributed by atoms with van der Waals surface area (Å²) in [4.78, 5) is 0. The number of aliphatic hydroxyl groups is 1. The molecular formula is C13H18O4. The Hall–Kier alpha value is -1.26. The summed E-state index contributed by atoms with van der Waals surface area (Å²) in [5, 5.41) is 9.32. The van der Waals surface area contributed by atoms with Crippen LogP contribution < -0.4 is 9.47 Å². The summed E-state index contributed by atoms with van der Waals surface area (Å²) in [6, 6.07) is 5.55. The highest BCUT2D eigenvalue weighted by atomic mass is 16.6. The van der Waals surface area contributed by atoms with Crippen molar-refractivity contribution in [2.24, 2.45) is 0 Å². The van der Waals surface area contributed by atoms with Gasteiger partial charge < -0.3 is 19.3 Å². The first-order valence-corrected chi connectivity index (χ1v) is 5.95. The lowest BCUT2D eigenvalue weighted by atomic mass is 10.2. The van der Waals surface area contributed by atoms with Crippen molar-refractivity contribution in [2.45, 2.75) is 26.1 Å². The largest absolute Gasteiger partial charge is 0.490 e. The average Bonchev–Trinajstić information content (AvgIpc) is 2.84. The van der Waals surface area contributed by atoms with E-state index in [0.29, 0.717) is 24.7 Å². The van der Waals surface area contributed by atoms with Crippen LogP contribution in [0.4, 0.5) is 0 Å². The Morgan fingerprint density at radius 1 is 1.47 bits per heavy atom. The Kier molecular flexibility index (Phi) is 4.23. The monoisotopic (exact) mass is 238 g/mol. The van der Waals surface area contributed by atoms with Crippen molar-refractivity contribution < 1.29 is 19.3 Å². The quantitative estimate of drug-likeness (QED) is 0.849. The van der Waals surface area contributed by atoms with Gasteiger partial charge in [-0.05, 0) is 13.0 Å². The van der Waals surface area contributed by atoms with Crippen LogP contribution in [0.1, 0.15) is 18.9 Å². The van der Waals surface area contributed by atoms with Crippen molar-refractivity contribution in [2.75, 3.05) is 19.8 Å². The van der Waals surface area contributed by atoms with Gasteiger partial charge in [-0.2, -0.15) is 0 Å². The summed E-state index contributed by atoms with van der Waals surface area (Å²) in [5.41, 5.74) is 0.753. The lowest BCUT2D eigenvalue weighted by Gasteiger charge is -2.18. The van der Waals surface area contributed by atoms with E-state index in [4.69, 9.17) is 14.2 Å². The van der Waals surface area contributed by atoms with Crippen LogP contribution in [0.3, 0.4) is 0 Å². The van der Waals surface area contributed by atoms with E-state index < -0.39 is 0 Å². The standard InChI is InChI=1S/C13H18O4/c1-2-16-12-5-3-4-10(8-14)13(12)17-11-6-7-15-9-11/h3-5,11,14H,2,6-9H2,1H3. The molecule has 1 saturated heterocycles. The highest BCUT2D eigenvalue weighted by molar-refractivity contribution is 5.46. The van der Waals surface area contributed by atoms with Crippen molar-refractivity contribution in [3.05, 3.63) is 23.8 Å². The number of hydrogen-bond donors (Lipinski definition) is 1. The minimum atomic E-state index is -0.0518. The second-order valence-corrected chi connectivity index (χ2v) is 3.94. The van der Waals surface area contributed by atoms with E-state index in [1.54, 1.807) is 0 Å². The van der Waals surface area contributed by atoms with Crippen LogP contribution in [0.25, 0.3) is 0 Å². The lowest BCUT2D eigenvalue weighted by molar-refractivity contribution is 0.135. The van der Waals surface area contributed by atoms with Crippen LogP contribution in [0.2, 0.25) is 0 Å². The van der Waals surface area contributed by atoms with Crippen LogP contribution >= 0.6 is 0 Å². The van der Waals surface area contributed by atoms with Crippen LogP contribution in [-0.2, 0) is 11.3 Å². The zero-order valence-electron chi connectivity index (χ0n) is 10.0. The van der Waals surface area contributed by atoms with Gasteiger partial charge in [-0.3, -0.25) is 0 Å². The Labute approximate surface area is 101 Å². The summed E-state index contributed by atoms with van der Waals surface area (Å²) in [7, 11) is 0. The number of rotatable bonds is 5. The maximum Gasteiger partial charge on any atom is 0.167 e. The van der Waals surface area contributed by atoms with E-state index in [1.165, 1.54) is 0 Å². The Morgan fingerprint density at radius 2 is 2.35 bits per heavy atom. The molecule has 0 spiro atoms. The van der Waals surface area contributed by atoms with E-state index in [1.807, 2.05) is 25.1 Å². The molecule has 0 radical (unpaired) electrons. The van der Waals surface area contributed by atoms with Gasteiger partial charge in [-0.1, -0.05) is 12.1 Å². The van der Waals surface area contributed by atoms with Crippen molar-refractivity contribution in [1.82, 2.24) is 0 Å². The van der Waals surface area contributed by atoms with Crippen molar-refractivity contribution in [3.8, 4) is 11.5 Å². The van der Waals surface area contributed by atoms with E-state index in [9.17, 15) is 5.11 Å². The third kappa shape index (κ3) is 2.90. The molecule has 2 rings (SSSR count). The highest BCUT2D eigenvalue weighted by Gasteiger charge is 2.20. The third-order valence-electron chi connectivity index (χ3n) is 2.70. The van der Waals surface area contributed by atoms with Crippen molar-refractivity contribution in [1.29, 1.82) is 0 Å². The number of para-hydroxylation sites is 1. The normalized spacial score (nSPS) is 19.3. The molecule has 1 N–H and O–H groups in total.